The van der Waals surface area contributed by atoms with Gasteiger partial charge in [0, 0.05) is 23.4 Å². The maximum absolute atomic E-state index is 12.4. The van der Waals surface area contributed by atoms with Crippen LogP contribution < -0.4 is 4.74 Å². The lowest BCUT2D eigenvalue weighted by atomic mass is 10.2. The van der Waals surface area contributed by atoms with Crippen LogP contribution in [0.25, 0.3) is 10.6 Å². The lowest BCUT2D eigenvalue weighted by molar-refractivity contribution is 0.0921. The van der Waals surface area contributed by atoms with Crippen molar-refractivity contribution < 1.29 is 14.3 Å². The second-order valence-electron chi connectivity index (χ2n) is 6.33. The van der Waals surface area contributed by atoms with Gasteiger partial charge in [0.1, 0.15) is 17.4 Å². The van der Waals surface area contributed by atoms with Crippen LogP contribution in [0.3, 0.4) is 0 Å². The summed E-state index contributed by atoms with van der Waals surface area (Å²) >= 11 is 1.64. The molecule has 0 atom stereocenters. The highest BCUT2D eigenvalue weighted by Crippen LogP contribution is 2.32. The second kappa shape index (κ2) is 7.80. The Labute approximate surface area is 162 Å². The Hall–Kier alpha value is -2.86. The molecule has 1 aromatic heterocycles. The molecule has 0 fully saturated rings. The third-order valence-corrected chi connectivity index (χ3v) is 5.66. The molecule has 3 aromatic rings. The number of hydrogen-bond acceptors (Lipinski definition) is 5. The smallest absolute Gasteiger partial charge is 0.410 e. The van der Waals surface area contributed by atoms with Crippen molar-refractivity contribution in [3.8, 4) is 16.3 Å². The molecule has 2 aromatic carbocycles. The van der Waals surface area contributed by atoms with Crippen molar-refractivity contribution in [1.29, 1.82) is 0 Å². The average Bonchev–Trinajstić information content (AvgIpc) is 3.16. The first kappa shape index (κ1) is 17.5. The Morgan fingerprint density at radius 2 is 1.93 bits per heavy atom. The normalized spacial score (nSPS) is 13.1. The van der Waals surface area contributed by atoms with Gasteiger partial charge in [0.25, 0.3) is 0 Å². The summed E-state index contributed by atoms with van der Waals surface area (Å²) in [7, 11) is 1.66. The third-order valence-electron chi connectivity index (χ3n) is 4.53. The number of nitrogens with zero attached hydrogens (tertiary/aromatic N) is 2. The van der Waals surface area contributed by atoms with Gasteiger partial charge < -0.3 is 14.4 Å². The van der Waals surface area contributed by atoms with Crippen molar-refractivity contribution in [1.82, 2.24) is 9.88 Å². The van der Waals surface area contributed by atoms with Crippen LogP contribution in [0.4, 0.5) is 4.79 Å². The van der Waals surface area contributed by atoms with Crippen molar-refractivity contribution in [2.24, 2.45) is 0 Å². The van der Waals surface area contributed by atoms with Gasteiger partial charge in [0.05, 0.1) is 19.3 Å². The summed E-state index contributed by atoms with van der Waals surface area (Å²) in [5, 5.41) is 0.974. The zero-order valence-corrected chi connectivity index (χ0v) is 15.9. The number of carbonyl (C=O) groups is 1. The topological polar surface area (TPSA) is 51.7 Å². The number of ether oxygens (including phenoxy) is 2. The van der Waals surface area contributed by atoms with E-state index in [9.17, 15) is 4.79 Å². The number of hydrogen-bond donors (Lipinski definition) is 0. The van der Waals surface area contributed by atoms with E-state index in [4.69, 9.17) is 14.5 Å². The molecular weight excluding hydrogens is 360 g/mol. The summed E-state index contributed by atoms with van der Waals surface area (Å²) in [6.07, 6.45) is 0.478. The van der Waals surface area contributed by atoms with E-state index in [2.05, 4.69) is 0 Å². The predicted octanol–water partition coefficient (Wildman–Crippen LogP) is 4.51. The van der Waals surface area contributed by atoms with Gasteiger partial charge in [-0.1, -0.05) is 30.3 Å². The minimum absolute atomic E-state index is 0.274. The van der Waals surface area contributed by atoms with Crippen LogP contribution in [0.1, 0.15) is 16.1 Å². The number of methoxy groups -OCH3 is 1. The van der Waals surface area contributed by atoms with Gasteiger partial charge in [-0.3, -0.25) is 0 Å². The highest BCUT2D eigenvalue weighted by Gasteiger charge is 2.25. The van der Waals surface area contributed by atoms with E-state index in [1.165, 1.54) is 0 Å². The lowest BCUT2D eigenvalue weighted by Gasteiger charge is -2.25. The minimum Gasteiger partial charge on any atom is -0.497 e. The Balaban J connectivity index is 1.42. The summed E-state index contributed by atoms with van der Waals surface area (Å²) in [5.74, 6) is 0.826. The van der Waals surface area contributed by atoms with Crippen LogP contribution in [0.2, 0.25) is 0 Å². The lowest BCUT2D eigenvalue weighted by Crippen LogP contribution is -2.35. The minimum atomic E-state index is -0.274. The van der Waals surface area contributed by atoms with Crippen molar-refractivity contribution in [2.45, 2.75) is 19.6 Å². The summed E-state index contributed by atoms with van der Waals surface area (Å²) in [6.45, 7) is 1.48. The third kappa shape index (κ3) is 3.95. The van der Waals surface area contributed by atoms with Gasteiger partial charge in [0.2, 0.25) is 0 Å². The van der Waals surface area contributed by atoms with Crippen LogP contribution in [0, 0.1) is 0 Å². The zero-order chi connectivity index (χ0) is 18.6. The Morgan fingerprint density at radius 1 is 1.15 bits per heavy atom. The van der Waals surface area contributed by atoms with Crippen LogP contribution in [0.15, 0.2) is 54.6 Å². The molecule has 0 saturated heterocycles. The van der Waals surface area contributed by atoms with Gasteiger partial charge in [-0.25, -0.2) is 9.78 Å². The number of benzene rings is 2. The number of aromatic nitrogens is 1. The molecular formula is C21H20N2O3S. The van der Waals surface area contributed by atoms with E-state index in [1.54, 1.807) is 23.3 Å². The van der Waals surface area contributed by atoms with Crippen LogP contribution in [-0.4, -0.2) is 29.6 Å². The molecule has 6 heteroatoms. The SMILES string of the molecule is COc1ccc(-c2nc3c(s2)CN(C(=O)OCc2ccccc2)CC3)cc1. The van der Waals surface area contributed by atoms with E-state index >= 15 is 0 Å². The van der Waals surface area contributed by atoms with E-state index < -0.39 is 0 Å². The Kier molecular flexibility index (Phi) is 5.07. The largest absolute Gasteiger partial charge is 0.497 e. The van der Waals surface area contributed by atoms with Crippen LogP contribution in [-0.2, 0) is 24.3 Å². The molecule has 4 rings (SSSR count). The number of thiazole rings is 1. The van der Waals surface area contributed by atoms with Gasteiger partial charge in [-0.15, -0.1) is 11.3 Å². The van der Waals surface area contributed by atoms with Crippen LogP contribution in [0.5, 0.6) is 5.75 Å². The van der Waals surface area contributed by atoms with Gasteiger partial charge in [-0.05, 0) is 29.8 Å². The number of carbonyl (C=O) groups excluding carboxylic acids is 1. The molecule has 0 radical (unpaired) electrons. The maximum Gasteiger partial charge on any atom is 0.410 e. The number of fused-ring (bicyclic) bond motifs is 1. The number of amides is 1. The molecule has 1 amide bonds. The van der Waals surface area contributed by atoms with Crippen molar-refractivity contribution in [2.75, 3.05) is 13.7 Å². The fourth-order valence-corrected chi connectivity index (χ4v) is 4.15. The summed E-state index contributed by atoms with van der Waals surface area (Å²) in [5.41, 5.74) is 3.13. The predicted molar refractivity (Wildman–Crippen MR) is 105 cm³/mol. The molecule has 0 N–H and O–H groups in total. The van der Waals surface area contributed by atoms with Gasteiger partial charge in [0.15, 0.2) is 0 Å². The van der Waals surface area contributed by atoms with E-state index in [0.29, 0.717) is 19.7 Å². The molecule has 1 aliphatic heterocycles. The quantitative estimate of drug-likeness (QED) is 0.668. The van der Waals surface area contributed by atoms with Crippen LogP contribution >= 0.6 is 11.3 Å². The summed E-state index contributed by atoms with van der Waals surface area (Å²) in [6, 6.07) is 17.6. The Morgan fingerprint density at radius 3 is 2.67 bits per heavy atom. The molecule has 5 nitrogen and oxygen atoms in total. The van der Waals surface area contributed by atoms with Crippen molar-refractivity contribution in [3.63, 3.8) is 0 Å². The molecule has 27 heavy (non-hydrogen) atoms. The molecule has 0 spiro atoms. The molecule has 2 heterocycles. The first-order valence-electron chi connectivity index (χ1n) is 8.81. The van der Waals surface area contributed by atoms with E-state index in [0.717, 1.165) is 38.9 Å². The van der Waals surface area contributed by atoms with E-state index in [1.807, 2.05) is 54.6 Å². The molecule has 0 unspecified atom stereocenters. The summed E-state index contributed by atoms with van der Waals surface area (Å²) < 4.78 is 10.7. The average molecular weight is 380 g/mol. The molecule has 0 bridgehead atoms. The highest BCUT2D eigenvalue weighted by molar-refractivity contribution is 7.15. The molecule has 0 saturated carbocycles. The first-order chi connectivity index (χ1) is 13.2. The summed E-state index contributed by atoms with van der Waals surface area (Å²) in [4.78, 5) is 20.0. The van der Waals surface area contributed by atoms with Crippen molar-refractivity contribution >= 4 is 17.4 Å². The van der Waals surface area contributed by atoms with E-state index in [-0.39, 0.29) is 6.09 Å². The van der Waals surface area contributed by atoms with Crippen molar-refractivity contribution in [3.05, 3.63) is 70.7 Å². The monoisotopic (exact) mass is 380 g/mol. The number of rotatable bonds is 4. The van der Waals surface area contributed by atoms with Gasteiger partial charge in [-0.2, -0.15) is 0 Å². The molecule has 0 aliphatic carbocycles. The fraction of sp³-hybridized carbons (Fsp3) is 0.238. The van der Waals surface area contributed by atoms with Gasteiger partial charge >= 0.3 is 6.09 Å². The maximum atomic E-state index is 12.4. The fourth-order valence-electron chi connectivity index (χ4n) is 3.02. The first-order valence-corrected chi connectivity index (χ1v) is 9.63. The highest BCUT2D eigenvalue weighted by atomic mass is 32.1. The molecule has 138 valence electrons. The second-order valence-corrected chi connectivity index (χ2v) is 7.41. The standard InChI is InChI=1S/C21H20N2O3S/c1-25-17-9-7-16(8-10-17)20-22-18-11-12-23(13-19(18)27-20)21(24)26-14-15-5-3-2-4-6-15/h2-10H,11-14H2,1H3. The zero-order valence-electron chi connectivity index (χ0n) is 15.1. The Bertz CT molecular complexity index is 922. The molecule has 1 aliphatic rings.